The van der Waals surface area contributed by atoms with Crippen molar-refractivity contribution in [3.05, 3.63) is 89.5 Å². The number of benzene rings is 2. The number of cyclic esters (lactones) is 1. The minimum Gasteiger partial charge on any atom is -0.493 e. The van der Waals surface area contributed by atoms with Crippen molar-refractivity contribution in [1.82, 2.24) is 10.3 Å². The molecule has 1 unspecified atom stereocenters. The van der Waals surface area contributed by atoms with Crippen molar-refractivity contribution in [1.29, 1.82) is 0 Å². The molecule has 1 saturated heterocycles. The van der Waals surface area contributed by atoms with E-state index in [2.05, 4.69) is 10.3 Å². The first-order chi connectivity index (χ1) is 21.2. The van der Waals surface area contributed by atoms with Gasteiger partial charge in [0.1, 0.15) is 11.9 Å². The van der Waals surface area contributed by atoms with Crippen LogP contribution in [-0.4, -0.2) is 68.2 Å². The standard InChI is InChI=1S/C32H35FN2O9/c1-20-25(15-22-9-11-24(33)12-10-22)28(41-16-23-7-5-4-6-8-23)18-40-17-26(32(38)44-20)35-31(37)29-30(43-19-42-21(2)36)27(39-3)13-14-34-29/h4-14,20,25-26,28H,15-19H2,1-3H3,(H,35,37)/t20-,25?,26-,28-/m0/s1. The molecular formula is C32H35FN2O9. The highest BCUT2D eigenvalue weighted by atomic mass is 19.1. The van der Waals surface area contributed by atoms with E-state index in [1.54, 1.807) is 19.1 Å². The summed E-state index contributed by atoms with van der Waals surface area (Å²) in [4.78, 5) is 41.9. The molecule has 1 aromatic heterocycles. The van der Waals surface area contributed by atoms with Gasteiger partial charge in [0.2, 0.25) is 6.79 Å². The molecule has 234 valence electrons. The van der Waals surface area contributed by atoms with Gasteiger partial charge in [0, 0.05) is 25.1 Å². The van der Waals surface area contributed by atoms with Crippen LogP contribution in [0.5, 0.6) is 11.5 Å². The SMILES string of the molecule is COc1ccnc(C(=O)N[C@H]2COC[C@H](OCc3ccccc3)C(Cc3ccc(F)cc3)[C@H](C)OC2=O)c1OCOC(C)=O. The Kier molecular flexibility index (Phi) is 11.6. The molecule has 0 aliphatic carbocycles. The lowest BCUT2D eigenvalue weighted by molar-refractivity contribution is -0.155. The fourth-order valence-electron chi connectivity index (χ4n) is 4.68. The van der Waals surface area contributed by atoms with E-state index in [1.807, 2.05) is 30.3 Å². The molecule has 44 heavy (non-hydrogen) atoms. The van der Waals surface area contributed by atoms with Crippen molar-refractivity contribution in [2.45, 2.75) is 45.1 Å². The summed E-state index contributed by atoms with van der Waals surface area (Å²) < 4.78 is 47.2. The second-order valence-corrected chi connectivity index (χ2v) is 10.1. The summed E-state index contributed by atoms with van der Waals surface area (Å²) in [6.45, 7) is 2.67. The minimum atomic E-state index is -1.20. The van der Waals surface area contributed by atoms with E-state index >= 15 is 0 Å². The van der Waals surface area contributed by atoms with Crippen LogP contribution in [0.3, 0.4) is 0 Å². The van der Waals surface area contributed by atoms with Gasteiger partial charge < -0.3 is 33.7 Å². The summed E-state index contributed by atoms with van der Waals surface area (Å²) in [6.07, 6.45) is 0.595. The maximum absolute atomic E-state index is 13.6. The highest BCUT2D eigenvalue weighted by Gasteiger charge is 2.36. The molecule has 0 saturated carbocycles. The van der Waals surface area contributed by atoms with Crippen LogP contribution in [0.4, 0.5) is 4.39 Å². The average Bonchev–Trinajstić information content (AvgIpc) is 3.06. The molecule has 1 fully saturated rings. The van der Waals surface area contributed by atoms with Gasteiger partial charge in [0.15, 0.2) is 23.2 Å². The fourth-order valence-corrected chi connectivity index (χ4v) is 4.68. The molecule has 1 aliphatic heterocycles. The fraction of sp³-hybridized carbons (Fsp3) is 0.375. The van der Waals surface area contributed by atoms with Crippen molar-refractivity contribution in [3.8, 4) is 11.5 Å². The quantitative estimate of drug-likeness (QED) is 0.254. The lowest BCUT2D eigenvalue weighted by Gasteiger charge is -2.31. The minimum absolute atomic E-state index is 0.0757. The van der Waals surface area contributed by atoms with Gasteiger partial charge >= 0.3 is 11.9 Å². The first-order valence-electron chi connectivity index (χ1n) is 14.0. The number of hydrogen-bond acceptors (Lipinski definition) is 10. The Morgan fingerprint density at radius 1 is 1.05 bits per heavy atom. The largest absolute Gasteiger partial charge is 0.493 e. The Morgan fingerprint density at radius 3 is 2.50 bits per heavy atom. The zero-order chi connectivity index (χ0) is 31.5. The van der Waals surface area contributed by atoms with Crippen LogP contribution in [0.25, 0.3) is 0 Å². The maximum Gasteiger partial charge on any atom is 0.331 e. The van der Waals surface area contributed by atoms with Crippen molar-refractivity contribution in [3.63, 3.8) is 0 Å². The van der Waals surface area contributed by atoms with Crippen molar-refractivity contribution in [2.75, 3.05) is 27.1 Å². The van der Waals surface area contributed by atoms with Crippen LogP contribution in [0.2, 0.25) is 0 Å². The molecule has 0 spiro atoms. The lowest BCUT2D eigenvalue weighted by Crippen LogP contribution is -2.46. The van der Waals surface area contributed by atoms with E-state index in [0.29, 0.717) is 13.0 Å². The summed E-state index contributed by atoms with van der Waals surface area (Å²) in [5.74, 6) is -2.68. The maximum atomic E-state index is 13.6. The number of aromatic nitrogens is 1. The lowest BCUT2D eigenvalue weighted by atomic mass is 9.89. The number of amides is 1. The zero-order valence-corrected chi connectivity index (χ0v) is 24.7. The predicted octanol–water partition coefficient (Wildman–Crippen LogP) is 3.63. The molecule has 1 amide bonds. The monoisotopic (exact) mass is 610 g/mol. The number of rotatable bonds is 11. The summed E-state index contributed by atoms with van der Waals surface area (Å²) in [7, 11) is 1.37. The number of nitrogens with zero attached hydrogens (tertiary/aromatic N) is 1. The van der Waals surface area contributed by atoms with Gasteiger partial charge in [-0.25, -0.2) is 14.2 Å². The number of carbonyl (C=O) groups excluding carboxylic acids is 3. The van der Waals surface area contributed by atoms with Crippen LogP contribution >= 0.6 is 0 Å². The van der Waals surface area contributed by atoms with Gasteiger partial charge in [0.05, 0.1) is 33.0 Å². The molecule has 11 nitrogen and oxygen atoms in total. The smallest absolute Gasteiger partial charge is 0.331 e. The molecule has 4 atom stereocenters. The third-order valence-electron chi connectivity index (χ3n) is 7.00. The van der Waals surface area contributed by atoms with Gasteiger partial charge in [0.25, 0.3) is 5.91 Å². The molecule has 2 heterocycles. The van der Waals surface area contributed by atoms with Crippen LogP contribution in [0, 0.1) is 11.7 Å². The third-order valence-corrected chi connectivity index (χ3v) is 7.00. The molecule has 12 heteroatoms. The summed E-state index contributed by atoms with van der Waals surface area (Å²) >= 11 is 0. The Bertz CT molecular complexity index is 1400. The van der Waals surface area contributed by atoms with Crippen LogP contribution in [-0.2, 0) is 41.6 Å². The van der Waals surface area contributed by atoms with E-state index < -0.39 is 42.9 Å². The van der Waals surface area contributed by atoms with Crippen molar-refractivity contribution < 1.29 is 47.2 Å². The molecule has 1 N–H and O–H groups in total. The molecule has 2 aromatic carbocycles. The average molecular weight is 611 g/mol. The predicted molar refractivity (Wildman–Crippen MR) is 154 cm³/mol. The van der Waals surface area contributed by atoms with Crippen LogP contribution < -0.4 is 14.8 Å². The molecule has 0 radical (unpaired) electrons. The topological polar surface area (TPSA) is 132 Å². The number of pyridine rings is 1. The highest BCUT2D eigenvalue weighted by Crippen LogP contribution is 2.30. The molecule has 4 rings (SSSR count). The van der Waals surface area contributed by atoms with Crippen molar-refractivity contribution >= 4 is 17.8 Å². The van der Waals surface area contributed by atoms with Gasteiger partial charge in [-0.3, -0.25) is 9.59 Å². The number of esters is 2. The van der Waals surface area contributed by atoms with E-state index in [1.165, 1.54) is 38.4 Å². The van der Waals surface area contributed by atoms with Crippen molar-refractivity contribution in [2.24, 2.45) is 5.92 Å². The Labute approximate surface area is 254 Å². The van der Waals surface area contributed by atoms with Crippen LogP contribution in [0.15, 0.2) is 66.9 Å². The summed E-state index contributed by atoms with van der Waals surface area (Å²) in [5.41, 5.74) is 1.60. The number of halogens is 1. The van der Waals surface area contributed by atoms with Gasteiger partial charge in [-0.2, -0.15) is 0 Å². The number of hydrogen-bond donors (Lipinski definition) is 1. The Balaban J connectivity index is 1.52. The van der Waals surface area contributed by atoms with Gasteiger partial charge in [-0.05, 0) is 36.6 Å². The second kappa shape index (κ2) is 15.8. The molecular weight excluding hydrogens is 575 g/mol. The summed E-state index contributed by atoms with van der Waals surface area (Å²) in [5, 5.41) is 2.61. The highest BCUT2D eigenvalue weighted by molar-refractivity contribution is 5.98. The normalized spacial score (nSPS) is 20.3. The van der Waals surface area contributed by atoms with Gasteiger partial charge in [-0.15, -0.1) is 0 Å². The van der Waals surface area contributed by atoms with Crippen LogP contribution in [0.1, 0.15) is 35.5 Å². The molecule has 3 aromatic rings. The number of nitrogens with one attached hydrogen (secondary N) is 1. The van der Waals surface area contributed by atoms with E-state index in [0.717, 1.165) is 11.1 Å². The first-order valence-corrected chi connectivity index (χ1v) is 14.0. The second-order valence-electron chi connectivity index (χ2n) is 10.1. The Hall–Kier alpha value is -4.55. The molecule has 1 aliphatic rings. The zero-order valence-electron chi connectivity index (χ0n) is 24.7. The van der Waals surface area contributed by atoms with Gasteiger partial charge in [-0.1, -0.05) is 42.5 Å². The van der Waals surface area contributed by atoms with E-state index in [9.17, 15) is 18.8 Å². The number of ether oxygens (including phenoxy) is 6. The molecule has 0 bridgehead atoms. The number of carbonyl (C=O) groups is 3. The number of methoxy groups -OCH3 is 1. The summed E-state index contributed by atoms with van der Waals surface area (Å²) in [6, 6.07) is 16.0. The Morgan fingerprint density at radius 2 is 1.80 bits per heavy atom. The van der Waals surface area contributed by atoms with E-state index in [4.69, 9.17) is 28.4 Å². The first kappa shape index (κ1) is 32.4. The third kappa shape index (κ3) is 8.98. The van der Waals surface area contributed by atoms with E-state index in [-0.39, 0.29) is 42.1 Å².